The molecule has 2 heterocycles. The lowest BCUT2D eigenvalue weighted by atomic mass is 9.98. The summed E-state index contributed by atoms with van der Waals surface area (Å²) in [6, 6.07) is 10.2. The van der Waals surface area contributed by atoms with Crippen LogP contribution in [0.3, 0.4) is 0 Å². The van der Waals surface area contributed by atoms with Crippen molar-refractivity contribution >= 4 is 22.9 Å². The molecule has 100 valence electrons. The molecule has 0 saturated carbocycles. The summed E-state index contributed by atoms with van der Waals surface area (Å²) in [6.45, 7) is 5.52. The Morgan fingerprint density at radius 3 is 2.58 bits per heavy atom. The van der Waals surface area contributed by atoms with Crippen molar-refractivity contribution in [3.63, 3.8) is 0 Å². The van der Waals surface area contributed by atoms with E-state index < -0.39 is 0 Å². The molecule has 3 rings (SSSR count). The van der Waals surface area contributed by atoms with Gasteiger partial charge in [0, 0.05) is 31.5 Å². The molecule has 1 N–H and O–H groups in total. The molecule has 1 aromatic carbocycles. The Bertz CT molecular complexity index is 501. The van der Waals surface area contributed by atoms with Crippen molar-refractivity contribution in [1.29, 1.82) is 0 Å². The minimum Gasteiger partial charge on any atom is -0.350 e. The lowest BCUT2D eigenvalue weighted by molar-refractivity contribution is 0.164. The maximum atomic E-state index is 5.48. The highest BCUT2D eigenvalue weighted by molar-refractivity contribution is 7.82. The third-order valence-electron chi connectivity index (χ3n) is 4.06. The van der Waals surface area contributed by atoms with Gasteiger partial charge in [-0.05, 0) is 6.54 Å². The van der Waals surface area contributed by atoms with Crippen molar-refractivity contribution in [2.75, 3.05) is 19.6 Å². The largest absolute Gasteiger partial charge is 0.350 e. The van der Waals surface area contributed by atoms with Gasteiger partial charge in [-0.2, -0.15) is 0 Å². The summed E-state index contributed by atoms with van der Waals surface area (Å²) < 4.78 is 0. The molecule has 4 heteroatoms. The van der Waals surface area contributed by atoms with Crippen LogP contribution in [-0.2, 0) is 0 Å². The first-order chi connectivity index (χ1) is 9.22. The van der Waals surface area contributed by atoms with E-state index >= 15 is 0 Å². The van der Waals surface area contributed by atoms with Gasteiger partial charge < -0.3 is 10.2 Å². The second-order valence-electron chi connectivity index (χ2n) is 5.25. The fraction of sp³-hybridized carbons (Fsp3) is 0.467. The molecule has 2 aliphatic heterocycles. The van der Waals surface area contributed by atoms with E-state index in [1.807, 2.05) is 18.2 Å². The van der Waals surface area contributed by atoms with Gasteiger partial charge in [0.15, 0.2) is 0 Å². The maximum Gasteiger partial charge on any atom is 0.133 e. The predicted molar refractivity (Wildman–Crippen MR) is 82.8 cm³/mol. The van der Waals surface area contributed by atoms with Gasteiger partial charge in [0.2, 0.25) is 0 Å². The van der Waals surface area contributed by atoms with Crippen LogP contribution in [-0.4, -0.2) is 40.9 Å². The highest BCUT2D eigenvalue weighted by Gasteiger charge is 2.39. The molecule has 1 aromatic rings. The minimum atomic E-state index is -0.145. The molecule has 0 bridgehead atoms. The zero-order valence-electron chi connectivity index (χ0n) is 11.2. The minimum absolute atomic E-state index is 0.145. The molecule has 1 saturated heterocycles. The number of piperidine rings is 1. The molecule has 0 aliphatic carbocycles. The van der Waals surface area contributed by atoms with E-state index in [2.05, 4.69) is 29.3 Å². The highest BCUT2D eigenvalue weighted by atomic mass is 32.1. The van der Waals surface area contributed by atoms with E-state index in [1.165, 1.54) is 0 Å². The van der Waals surface area contributed by atoms with Crippen molar-refractivity contribution in [3.05, 3.63) is 35.9 Å². The zero-order chi connectivity index (χ0) is 13.3. The molecule has 0 radical (unpaired) electrons. The van der Waals surface area contributed by atoms with Crippen molar-refractivity contribution in [2.24, 2.45) is 4.99 Å². The molecule has 1 fully saturated rings. The van der Waals surface area contributed by atoms with Crippen LogP contribution in [0.25, 0.3) is 0 Å². The monoisotopic (exact) mass is 273 g/mol. The number of thiocarbonyl (C=S) groups is 1. The van der Waals surface area contributed by atoms with Crippen LogP contribution in [0.15, 0.2) is 35.3 Å². The molecular weight excluding hydrogens is 254 g/mol. The van der Waals surface area contributed by atoms with Crippen molar-refractivity contribution in [1.82, 2.24) is 10.2 Å². The average Bonchev–Trinajstić information content (AvgIpc) is 2.77. The second kappa shape index (κ2) is 5.02. The van der Waals surface area contributed by atoms with Crippen LogP contribution >= 0.6 is 12.2 Å². The standard InChI is InChI=1S/C15H19N3S/c1-2-18-10-8-15(9-11-18)16-13(14(19)17-15)12-6-4-3-5-7-12/h3-7H,2,8-11H2,1H3,(H,17,19). The zero-order valence-corrected chi connectivity index (χ0v) is 12.0. The predicted octanol–water partition coefficient (Wildman–Crippen LogP) is 2.22. The summed E-state index contributed by atoms with van der Waals surface area (Å²) in [5, 5.41) is 3.46. The van der Waals surface area contributed by atoms with Gasteiger partial charge in [-0.3, -0.25) is 4.99 Å². The second-order valence-corrected chi connectivity index (χ2v) is 5.65. The number of likely N-dealkylation sites (tertiary alicyclic amines) is 1. The molecule has 1 spiro atoms. The third-order valence-corrected chi connectivity index (χ3v) is 4.36. The summed E-state index contributed by atoms with van der Waals surface area (Å²) in [7, 11) is 0. The lowest BCUT2D eigenvalue weighted by Crippen LogP contribution is -2.50. The Morgan fingerprint density at radius 2 is 1.95 bits per heavy atom. The topological polar surface area (TPSA) is 27.6 Å². The molecule has 2 aliphatic rings. The molecule has 0 amide bonds. The summed E-state index contributed by atoms with van der Waals surface area (Å²) >= 11 is 5.48. The Balaban J connectivity index is 1.84. The molecular formula is C15H19N3S. The normalized spacial score (nSPS) is 22.4. The number of rotatable bonds is 2. The van der Waals surface area contributed by atoms with Crippen molar-refractivity contribution < 1.29 is 0 Å². The summed E-state index contributed by atoms with van der Waals surface area (Å²) in [4.78, 5) is 8.20. The van der Waals surface area contributed by atoms with E-state index in [0.717, 1.165) is 48.7 Å². The first-order valence-electron chi connectivity index (χ1n) is 6.92. The van der Waals surface area contributed by atoms with E-state index in [1.54, 1.807) is 0 Å². The van der Waals surface area contributed by atoms with Gasteiger partial charge >= 0.3 is 0 Å². The van der Waals surface area contributed by atoms with E-state index in [-0.39, 0.29) is 5.66 Å². The number of hydrogen-bond donors (Lipinski definition) is 1. The van der Waals surface area contributed by atoms with Gasteiger partial charge in [-0.25, -0.2) is 0 Å². The summed E-state index contributed by atoms with van der Waals surface area (Å²) in [5.41, 5.74) is 1.93. The fourth-order valence-electron chi connectivity index (χ4n) is 2.83. The Labute approximate surface area is 119 Å². The SMILES string of the molecule is CCN1CCC2(CC1)N=C(c1ccccc1)C(=S)N2. The van der Waals surface area contributed by atoms with Gasteiger partial charge in [0.05, 0.1) is 0 Å². The average molecular weight is 273 g/mol. The number of hydrogen-bond acceptors (Lipinski definition) is 3. The van der Waals surface area contributed by atoms with Crippen LogP contribution in [0.2, 0.25) is 0 Å². The number of nitrogens with zero attached hydrogens (tertiary/aromatic N) is 2. The van der Waals surface area contributed by atoms with E-state index in [9.17, 15) is 0 Å². The third kappa shape index (κ3) is 2.42. The van der Waals surface area contributed by atoms with Crippen LogP contribution in [0, 0.1) is 0 Å². The Kier molecular flexibility index (Phi) is 3.37. The number of benzene rings is 1. The molecule has 0 unspecified atom stereocenters. The molecule has 0 aromatic heterocycles. The first-order valence-corrected chi connectivity index (χ1v) is 7.33. The van der Waals surface area contributed by atoms with Gasteiger partial charge in [-0.1, -0.05) is 49.5 Å². The maximum absolute atomic E-state index is 5.48. The molecule has 3 nitrogen and oxygen atoms in total. The summed E-state index contributed by atoms with van der Waals surface area (Å²) in [5.74, 6) is 0. The summed E-state index contributed by atoms with van der Waals surface area (Å²) in [6.07, 6.45) is 2.08. The van der Waals surface area contributed by atoms with Crippen LogP contribution in [0.1, 0.15) is 25.3 Å². The van der Waals surface area contributed by atoms with E-state index in [4.69, 9.17) is 17.2 Å². The van der Waals surface area contributed by atoms with Gasteiger partial charge in [0.25, 0.3) is 0 Å². The number of aliphatic imine (C=N–C) groups is 1. The lowest BCUT2D eigenvalue weighted by Gasteiger charge is -2.37. The van der Waals surface area contributed by atoms with Crippen molar-refractivity contribution in [2.45, 2.75) is 25.4 Å². The Hall–Kier alpha value is -1.26. The highest BCUT2D eigenvalue weighted by Crippen LogP contribution is 2.29. The van der Waals surface area contributed by atoms with E-state index in [0.29, 0.717) is 0 Å². The molecule has 0 atom stereocenters. The van der Waals surface area contributed by atoms with Gasteiger partial charge in [0.1, 0.15) is 16.4 Å². The van der Waals surface area contributed by atoms with Crippen LogP contribution in [0.4, 0.5) is 0 Å². The molecule has 19 heavy (non-hydrogen) atoms. The number of nitrogens with one attached hydrogen (secondary N) is 1. The van der Waals surface area contributed by atoms with Crippen molar-refractivity contribution in [3.8, 4) is 0 Å². The van der Waals surface area contributed by atoms with Crippen LogP contribution in [0.5, 0.6) is 0 Å². The smallest absolute Gasteiger partial charge is 0.133 e. The van der Waals surface area contributed by atoms with Gasteiger partial charge in [-0.15, -0.1) is 0 Å². The quantitative estimate of drug-likeness (QED) is 0.837. The first kappa shape index (κ1) is 12.8. The van der Waals surface area contributed by atoms with Crippen LogP contribution < -0.4 is 5.32 Å². The fourth-order valence-corrected chi connectivity index (χ4v) is 3.18. The Morgan fingerprint density at radius 1 is 1.26 bits per heavy atom.